The number of hydrogen-bond donors (Lipinski definition) is 0. The smallest absolute Gasteiger partial charge is 0.248 e. The largest absolute Gasteiger partial charge is 0.300 e. The first-order chi connectivity index (χ1) is 10.2. The van der Waals surface area contributed by atoms with Crippen LogP contribution in [-0.4, -0.2) is 17.5 Å². The van der Waals surface area contributed by atoms with Gasteiger partial charge in [-0.05, 0) is 44.4 Å². The molecule has 1 fully saturated rings. The average molecular weight is 332 g/mol. The Hall–Kier alpha value is -0.800. The monoisotopic (exact) mass is 332 g/mol. The van der Waals surface area contributed by atoms with Crippen LogP contribution in [0.4, 0.5) is 8.78 Å². The normalized spacial score (nSPS) is 17.3. The molecule has 1 aliphatic rings. The number of alkyl halides is 2. The van der Waals surface area contributed by atoms with E-state index in [0.717, 1.165) is 19.3 Å². The van der Waals surface area contributed by atoms with Crippen molar-refractivity contribution in [3.8, 4) is 0 Å². The molecule has 1 saturated carbocycles. The summed E-state index contributed by atoms with van der Waals surface area (Å²) in [5, 5.41) is 0. The van der Waals surface area contributed by atoms with Crippen molar-refractivity contribution >= 4 is 11.6 Å². The molecule has 0 spiro atoms. The highest BCUT2D eigenvalue weighted by Gasteiger charge is 2.39. The minimum absolute atomic E-state index is 0. The van der Waals surface area contributed by atoms with Crippen LogP contribution in [0.25, 0.3) is 0 Å². The summed E-state index contributed by atoms with van der Waals surface area (Å²) in [5.41, 5.74) is 0.269. The van der Waals surface area contributed by atoms with Gasteiger partial charge in [-0.1, -0.05) is 27.7 Å². The van der Waals surface area contributed by atoms with Gasteiger partial charge in [-0.25, -0.2) is 8.78 Å². The van der Waals surface area contributed by atoms with Gasteiger partial charge in [-0.15, -0.1) is 0 Å². The van der Waals surface area contributed by atoms with E-state index in [9.17, 15) is 18.4 Å². The van der Waals surface area contributed by atoms with E-state index in [2.05, 4.69) is 6.92 Å². The fourth-order valence-corrected chi connectivity index (χ4v) is 2.90. The topological polar surface area (TPSA) is 34.1 Å². The van der Waals surface area contributed by atoms with Crippen molar-refractivity contribution in [2.75, 3.05) is 0 Å². The van der Waals surface area contributed by atoms with Gasteiger partial charge in [-0.2, -0.15) is 0 Å². The van der Waals surface area contributed by atoms with E-state index in [-0.39, 0.29) is 37.2 Å². The van der Waals surface area contributed by atoms with Crippen molar-refractivity contribution in [3.05, 3.63) is 0 Å². The van der Waals surface area contributed by atoms with Crippen molar-refractivity contribution < 1.29 is 18.4 Å². The minimum atomic E-state index is -2.77. The molecule has 0 bridgehead atoms. The van der Waals surface area contributed by atoms with Crippen LogP contribution in [0.2, 0.25) is 0 Å². The van der Waals surface area contributed by atoms with Gasteiger partial charge in [0.1, 0.15) is 11.6 Å². The average Bonchev–Trinajstić information content (AvgIpc) is 3.12. The zero-order chi connectivity index (χ0) is 16.8. The Bertz CT molecular complexity index is 387. The second-order valence-electron chi connectivity index (χ2n) is 7.38. The standard InChI is InChI=1S/C18H30F2O2.CH4/c1-4-9-18(19,20)13-15(7-5-6-14(2)21)16(22)8-10-17(3)11-12-17;/h15H,4-13H2,1-3H3;1H4. The second-order valence-corrected chi connectivity index (χ2v) is 7.38. The molecular formula is C19H34F2O2. The molecule has 1 rings (SSSR count). The molecule has 0 aliphatic heterocycles. The third-order valence-corrected chi connectivity index (χ3v) is 4.78. The predicted molar refractivity (Wildman–Crippen MR) is 90.8 cm³/mol. The molecule has 0 N–H and O–H groups in total. The number of carbonyl (C=O) groups excluding carboxylic acids is 2. The number of ketones is 2. The quantitative estimate of drug-likeness (QED) is 0.441. The Morgan fingerprint density at radius 2 is 1.83 bits per heavy atom. The van der Waals surface area contributed by atoms with Crippen molar-refractivity contribution in [1.82, 2.24) is 0 Å². The summed E-state index contributed by atoms with van der Waals surface area (Å²) in [6.07, 6.45) is 4.72. The van der Waals surface area contributed by atoms with Crippen LogP contribution in [0.5, 0.6) is 0 Å². The molecular weight excluding hydrogens is 298 g/mol. The molecule has 1 unspecified atom stereocenters. The van der Waals surface area contributed by atoms with E-state index < -0.39 is 11.8 Å². The summed E-state index contributed by atoms with van der Waals surface area (Å²) in [6, 6.07) is 0. The van der Waals surface area contributed by atoms with E-state index in [1.165, 1.54) is 6.92 Å². The molecule has 0 amide bonds. The Labute approximate surface area is 140 Å². The van der Waals surface area contributed by atoms with Crippen LogP contribution in [0, 0.1) is 11.3 Å². The van der Waals surface area contributed by atoms with Crippen LogP contribution in [0.3, 0.4) is 0 Å². The Morgan fingerprint density at radius 3 is 2.30 bits per heavy atom. The Kier molecular flexibility index (Phi) is 9.15. The highest BCUT2D eigenvalue weighted by atomic mass is 19.3. The maximum Gasteiger partial charge on any atom is 0.248 e. The minimum Gasteiger partial charge on any atom is -0.300 e. The van der Waals surface area contributed by atoms with Gasteiger partial charge in [-0.3, -0.25) is 4.79 Å². The van der Waals surface area contributed by atoms with E-state index in [1.807, 2.05) is 0 Å². The number of Topliss-reactive ketones (excluding diaryl/α,β-unsaturated/α-hetero) is 2. The summed E-state index contributed by atoms with van der Waals surface area (Å²) in [4.78, 5) is 23.4. The third kappa shape index (κ3) is 9.17. The van der Waals surface area contributed by atoms with Gasteiger partial charge in [0.15, 0.2) is 0 Å². The lowest BCUT2D eigenvalue weighted by molar-refractivity contribution is -0.128. The zero-order valence-corrected chi connectivity index (χ0v) is 14.2. The molecule has 0 saturated heterocycles. The van der Waals surface area contributed by atoms with Crippen LogP contribution >= 0.6 is 0 Å². The molecule has 136 valence electrons. The highest BCUT2D eigenvalue weighted by Crippen LogP contribution is 2.49. The molecule has 1 aliphatic carbocycles. The van der Waals surface area contributed by atoms with E-state index in [0.29, 0.717) is 32.1 Å². The van der Waals surface area contributed by atoms with Gasteiger partial charge in [0, 0.05) is 31.6 Å². The van der Waals surface area contributed by atoms with Gasteiger partial charge in [0.25, 0.3) is 0 Å². The lowest BCUT2D eigenvalue weighted by Gasteiger charge is -2.23. The van der Waals surface area contributed by atoms with Gasteiger partial charge >= 0.3 is 0 Å². The van der Waals surface area contributed by atoms with Gasteiger partial charge in [0.05, 0.1) is 0 Å². The summed E-state index contributed by atoms with van der Waals surface area (Å²) in [6.45, 7) is 5.38. The molecule has 0 aromatic rings. The molecule has 0 aromatic carbocycles. The summed E-state index contributed by atoms with van der Waals surface area (Å²) in [5.74, 6) is -3.35. The molecule has 0 aromatic heterocycles. The lowest BCUT2D eigenvalue weighted by atomic mass is 9.86. The molecule has 23 heavy (non-hydrogen) atoms. The molecule has 0 heterocycles. The number of rotatable bonds is 12. The van der Waals surface area contributed by atoms with Crippen LogP contribution in [0.1, 0.15) is 92.4 Å². The van der Waals surface area contributed by atoms with Crippen LogP contribution < -0.4 is 0 Å². The van der Waals surface area contributed by atoms with Crippen molar-refractivity contribution in [2.45, 2.75) is 98.3 Å². The zero-order valence-electron chi connectivity index (χ0n) is 14.2. The molecule has 2 nitrogen and oxygen atoms in total. The van der Waals surface area contributed by atoms with Crippen molar-refractivity contribution in [2.24, 2.45) is 11.3 Å². The van der Waals surface area contributed by atoms with Crippen LogP contribution in [-0.2, 0) is 9.59 Å². The van der Waals surface area contributed by atoms with Gasteiger partial charge < -0.3 is 4.79 Å². The first-order valence-corrected chi connectivity index (χ1v) is 8.57. The highest BCUT2D eigenvalue weighted by molar-refractivity contribution is 5.81. The predicted octanol–water partition coefficient (Wildman–Crippen LogP) is 5.97. The first kappa shape index (κ1) is 22.2. The maximum absolute atomic E-state index is 13.9. The second kappa shape index (κ2) is 9.48. The van der Waals surface area contributed by atoms with Crippen molar-refractivity contribution in [3.63, 3.8) is 0 Å². The summed E-state index contributed by atoms with van der Waals surface area (Å²) in [7, 11) is 0. The maximum atomic E-state index is 13.9. The lowest BCUT2D eigenvalue weighted by Crippen LogP contribution is -2.26. The fraction of sp³-hybridized carbons (Fsp3) is 0.895. The fourth-order valence-electron chi connectivity index (χ4n) is 2.90. The molecule has 0 radical (unpaired) electrons. The van der Waals surface area contributed by atoms with Crippen molar-refractivity contribution in [1.29, 1.82) is 0 Å². The van der Waals surface area contributed by atoms with Gasteiger partial charge in [0.2, 0.25) is 5.92 Å². The first-order valence-electron chi connectivity index (χ1n) is 8.57. The van der Waals surface area contributed by atoms with E-state index in [1.54, 1.807) is 6.92 Å². The van der Waals surface area contributed by atoms with E-state index >= 15 is 0 Å². The summed E-state index contributed by atoms with van der Waals surface area (Å²) < 4.78 is 27.8. The third-order valence-electron chi connectivity index (χ3n) is 4.78. The Morgan fingerprint density at radius 1 is 1.22 bits per heavy atom. The molecule has 1 atom stereocenters. The number of halogens is 2. The van der Waals surface area contributed by atoms with E-state index in [4.69, 9.17) is 0 Å². The molecule has 4 heteroatoms. The van der Waals surface area contributed by atoms with Crippen LogP contribution in [0.15, 0.2) is 0 Å². The number of carbonyl (C=O) groups is 2. The SMILES string of the molecule is C.CCCC(F)(F)CC(CCCC(C)=O)C(=O)CCC1(C)CC1. The summed E-state index contributed by atoms with van der Waals surface area (Å²) >= 11 is 0. The number of hydrogen-bond acceptors (Lipinski definition) is 2. The Balaban J connectivity index is 0.00000484.